The number of guanidine groups is 1. The number of piperidine rings is 1. The quantitative estimate of drug-likeness (QED) is 0.382. The van der Waals surface area contributed by atoms with Gasteiger partial charge in [-0.1, -0.05) is 60.7 Å². The predicted molar refractivity (Wildman–Crippen MR) is 138 cm³/mol. The van der Waals surface area contributed by atoms with Crippen molar-refractivity contribution in [1.29, 1.82) is 0 Å². The Balaban J connectivity index is 1.65. The highest BCUT2D eigenvalue weighted by molar-refractivity contribution is 5.96. The van der Waals surface area contributed by atoms with Crippen LogP contribution in [0.15, 0.2) is 77.8 Å². The number of aliphatic imine (C=N–C) groups is 1. The Labute approximate surface area is 197 Å². The maximum absolute atomic E-state index is 5.75. The number of nitrogens with two attached hydrogens (primary N) is 1. The summed E-state index contributed by atoms with van der Waals surface area (Å²) < 4.78 is 5.69. The van der Waals surface area contributed by atoms with Crippen LogP contribution in [0, 0.1) is 0 Å². The molecule has 3 aromatic carbocycles. The summed E-state index contributed by atoms with van der Waals surface area (Å²) in [4.78, 5) is 7.44. The summed E-state index contributed by atoms with van der Waals surface area (Å²) >= 11 is 0. The summed E-state index contributed by atoms with van der Waals surface area (Å²) in [7, 11) is 1.71. The second kappa shape index (κ2) is 11.0. The van der Waals surface area contributed by atoms with Gasteiger partial charge in [0.15, 0.2) is 5.96 Å². The van der Waals surface area contributed by atoms with Crippen LogP contribution in [-0.2, 0) is 13.1 Å². The smallest absolute Gasteiger partial charge is 0.199 e. The van der Waals surface area contributed by atoms with Gasteiger partial charge in [0.1, 0.15) is 5.75 Å². The Hall–Kier alpha value is -3.31. The molecule has 1 heterocycles. The lowest BCUT2D eigenvalue weighted by atomic mass is 10.0. The topological polar surface area (TPSA) is 62.9 Å². The molecule has 4 rings (SSSR count). The molecule has 0 amide bonds. The van der Waals surface area contributed by atoms with Gasteiger partial charge in [0.25, 0.3) is 0 Å². The zero-order valence-electron chi connectivity index (χ0n) is 19.6. The van der Waals surface area contributed by atoms with Gasteiger partial charge in [0, 0.05) is 19.1 Å². The van der Waals surface area contributed by atoms with Crippen LogP contribution in [0.1, 0.15) is 37.3 Å². The van der Waals surface area contributed by atoms with Crippen molar-refractivity contribution in [1.82, 2.24) is 4.90 Å². The molecule has 172 valence electrons. The lowest BCUT2D eigenvalue weighted by Crippen LogP contribution is -2.45. The number of methoxy groups -OCH3 is 1. The van der Waals surface area contributed by atoms with E-state index in [0.29, 0.717) is 19.1 Å². The van der Waals surface area contributed by atoms with E-state index >= 15 is 0 Å². The second-order valence-corrected chi connectivity index (χ2v) is 8.60. The Morgan fingerprint density at radius 1 is 1.00 bits per heavy atom. The number of nitrogens with zero attached hydrogens (tertiary/aromatic N) is 2. The highest BCUT2D eigenvalue weighted by Gasteiger charge is 2.23. The molecular weight excluding hydrogens is 408 g/mol. The van der Waals surface area contributed by atoms with Crippen LogP contribution in [0.5, 0.6) is 5.75 Å². The Morgan fingerprint density at radius 3 is 2.45 bits per heavy atom. The highest BCUT2D eigenvalue weighted by atomic mass is 16.5. The molecule has 1 saturated heterocycles. The molecule has 1 atom stereocenters. The molecule has 33 heavy (non-hydrogen) atoms. The molecule has 3 aromatic rings. The zero-order valence-corrected chi connectivity index (χ0v) is 19.6. The van der Waals surface area contributed by atoms with E-state index in [0.717, 1.165) is 35.1 Å². The number of hydrogen-bond acceptors (Lipinski definition) is 3. The third-order valence-corrected chi connectivity index (χ3v) is 6.30. The fraction of sp³-hybridized carbons (Fsp3) is 0.321. The Bertz CT molecular complexity index is 1060. The van der Waals surface area contributed by atoms with E-state index in [1.807, 2.05) is 12.1 Å². The van der Waals surface area contributed by atoms with Gasteiger partial charge in [-0.25, -0.2) is 4.99 Å². The molecule has 1 fully saturated rings. The average Bonchev–Trinajstić information content (AvgIpc) is 2.87. The first-order valence-corrected chi connectivity index (χ1v) is 11.8. The first kappa shape index (κ1) is 22.9. The van der Waals surface area contributed by atoms with Crippen LogP contribution >= 0.6 is 0 Å². The maximum Gasteiger partial charge on any atom is 0.199 e. The third-order valence-electron chi connectivity index (χ3n) is 6.30. The van der Waals surface area contributed by atoms with Crippen molar-refractivity contribution in [3.63, 3.8) is 0 Å². The standard InChI is InChI=1S/C28H34N4O/c1-21-8-6-7-17-32(21)28(30-20-23-13-11-22(19-29)12-14-23)31-26-18-25(15-16-27(26)33-2)24-9-4-3-5-10-24/h3-5,9-16,18,21H,6-8,17,19-20,29H2,1-2H3,(H,30,31). The molecule has 0 radical (unpaired) electrons. The first-order chi connectivity index (χ1) is 16.2. The zero-order chi connectivity index (χ0) is 23.0. The number of rotatable bonds is 6. The number of ether oxygens (including phenoxy) is 1. The average molecular weight is 443 g/mol. The molecule has 1 aliphatic rings. The van der Waals surface area contributed by atoms with Gasteiger partial charge in [-0.15, -0.1) is 0 Å². The molecule has 5 heteroatoms. The number of benzene rings is 3. The van der Waals surface area contributed by atoms with Gasteiger partial charge < -0.3 is 20.7 Å². The van der Waals surface area contributed by atoms with Crippen molar-refractivity contribution in [3.8, 4) is 16.9 Å². The van der Waals surface area contributed by atoms with Crippen LogP contribution in [0.3, 0.4) is 0 Å². The van der Waals surface area contributed by atoms with Crippen LogP contribution in [0.2, 0.25) is 0 Å². The SMILES string of the molecule is COc1ccc(-c2ccccc2)cc1NC(=NCc1ccc(CN)cc1)N1CCCCC1C. The summed E-state index contributed by atoms with van der Waals surface area (Å²) in [6.07, 6.45) is 3.61. The van der Waals surface area contributed by atoms with Gasteiger partial charge in [-0.3, -0.25) is 0 Å². The molecule has 0 spiro atoms. The number of anilines is 1. The van der Waals surface area contributed by atoms with Gasteiger partial charge in [0.05, 0.1) is 19.3 Å². The summed E-state index contributed by atoms with van der Waals surface area (Å²) in [6, 6.07) is 25.5. The molecule has 0 bridgehead atoms. The normalized spacial score (nSPS) is 16.5. The minimum atomic E-state index is 0.438. The number of likely N-dealkylation sites (tertiary alicyclic amines) is 1. The van der Waals surface area contributed by atoms with Crippen LogP contribution in [0.4, 0.5) is 5.69 Å². The van der Waals surface area contributed by atoms with Crippen LogP contribution < -0.4 is 15.8 Å². The largest absolute Gasteiger partial charge is 0.495 e. The minimum Gasteiger partial charge on any atom is -0.495 e. The van der Waals surface area contributed by atoms with E-state index in [1.165, 1.54) is 30.4 Å². The predicted octanol–water partition coefficient (Wildman–Crippen LogP) is 5.66. The first-order valence-electron chi connectivity index (χ1n) is 11.8. The number of hydrogen-bond donors (Lipinski definition) is 2. The summed E-state index contributed by atoms with van der Waals surface area (Å²) in [5, 5.41) is 3.63. The van der Waals surface area contributed by atoms with E-state index in [2.05, 4.69) is 77.8 Å². The fourth-order valence-corrected chi connectivity index (χ4v) is 4.30. The molecule has 1 unspecified atom stereocenters. The van der Waals surface area contributed by atoms with Gasteiger partial charge >= 0.3 is 0 Å². The third kappa shape index (κ3) is 5.74. The van der Waals surface area contributed by atoms with Crippen molar-refractivity contribution >= 4 is 11.6 Å². The van der Waals surface area contributed by atoms with Gasteiger partial charge in [0.2, 0.25) is 0 Å². The summed E-state index contributed by atoms with van der Waals surface area (Å²) in [6.45, 7) is 4.44. The van der Waals surface area contributed by atoms with Crippen molar-refractivity contribution in [2.75, 3.05) is 19.0 Å². The lowest BCUT2D eigenvalue weighted by molar-refractivity contribution is 0.257. The van der Waals surface area contributed by atoms with Crippen LogP contribution in [-0.4, -0.2) is 30.6 Å². The molecule has 5 nitrogen and oxygen atoms in total. The van der Waals surface area contributed by atoms with E-state index in [4.69, 9.17) is 15.5 Å². The van der Waals surface area contributed by atoms with Crippen molar-refractivity contribution in [3.05, 3.63) is 83.9 Å². The molecular formula is C28H34N4O. The molecule has 0 aliphatic carbocycles. The van der Waals surface area contributed by atoms with Gasteiger partial charge in [-0.2, -0.15) is 0 Å². The molecule has 0 aromatic heterocycles. The minimum absolute atomic E-state index is 0.438. The van der Waals surface area contributed by atoms with E-state index in [1.54, 1.807) is 7.11 Å². The second-order valence-electron chi connectivity index (χ2n) is 8.60. The monoisotopic (exact) mass is 442 g/mol. The maximum atomic E-state index is 5.75. The van der Waals surface area contributed by atoms with Crippen molar-refractivity contribution in [2.45, 2.75) is 45.3 Å². The molecule has 3 N–H and O–H groups in total. The van der Waals surface area contributed by atoms with Gasteiger partial charge in [-0.05, 0) is 60.6 Å². The van der Waals surface area contributed by atoms with Crippen molar-refractivity contribution < 1.29 is 4.74 Å². The summed E-state index contributed by atoms with van der Waals surface area (Å²) in [5.41, 5.74) is 11.3. The summed E-state index contributed by atoms with van der Waals surface area (Å²) in [5.74, 6) is 1.70. The lowest BCUT2D eigenvalue weighted by Gasteiger charge is -2.36. The van der Waals surface area contributed by atoms with Crippen LogP contribution in [0.25, 0.3) is 11.1 Å². The molecule has 1 aliphatic heterocycles. The Kier molecular flexibility index (Phi) is 7.63. The number of nitrogens with one attached hydrogen (secondary N) is 1. The molecule has 0 saturated carbocycles. The Morgan fingerprint density at radius 2 is 1.76 bits per heavy atom. The van der Waals surface area contributed by atoms with E-state index < -0.39 is 0 Å². The highest BCUT2D eigenvalue weighted by Crippen LogP contribution is 2.31. The van der Waals surface area contributed by atoms with E-state index in [-0.39, 0.29) is 0 Å². The van der Waals surface area contributed by atoms with E-state index in [9.17, 15) is 0 Å². The fourth-order valence-electron chi connectivity index (χ4n) is 4.30. The van der Waals surface area contributed by atoms with Crippen molar-refractivity contribution in [2.24, 2.45) is 10.7 Å².